The number of nitrogens with one attached hydrogen (secondary N) is 1. The van der Waals surface area contributed by atoms with Crippen LogP contribution in [0.4, 0.5) is 5.69 Å². The molecule has 0 aromatic carbocycles. The van der Waals surface area contributed by atoms with Crippen molar-refractivity contribution in [2.75, 3.05) is 5.32 Å². The van der Waals surface area contributed by atoms with E-state index in [1.807, 2.05) is 41.1 Å². The van der Waals surface area contributed by atoms with Gasteiger partial charge >= 0.3 is 0 Å². The molecule has 0 aliphatic heterocycles. The van der Waals surface area contributed by atoms with Gasteiger partial charge in [-0.1, -0.05) is 0 Å². The first-order valence-electron chi connectivity index (χ1n) is 6.79. The first-order chi connectivity index (χ1) is 10.8. The topological polar surface area (TPSA) is 77.1 Å². The van der Waals surface area contributed by atoms with Crippen LogP contribution in [-0.4, -0.2) is 30.1 Å². The van der Waals surface area contributed by atoms with Crippen LogP contribution in [0.3, 0.4) is 0 Å². The van der Waals surface area contributed by atoms with Crippen LogP contribution >= 0.6 is 0 Å². The molecule has 4 heterocycles. The number of aromatic nitrogens is 5. The summed E-state index contributed by atoms with van der Waals surface area (Å²) < 4.78 is 3.46. The van der Waals surface area contributed by atoms with E-state index in [9.17, 15) is 4.79 Å². The van der Waals surface area contributed by atoms with Crippen molar-refractivity contribution >= 4 is 28.3 Å². The molecular formula is C15H12N6O. The van der Waals surface area contributed by atoms with Crippen LogP contribution in [0.5, 0.6) is 0 Å². The summed E-state index contributed by atoms with van der Waals surface area (Å²) in [6.07, 6.45) is 8.80. The zero-order chi connectivity index (χ0) is 14.9. The molecule has 0 saturated carbocycles. The van der Waals surface area contributed by atoms with E-state index in [2.05, 4.69) is 20.4 Å². The third kappa shape index (κ3) is 2.18. The summed E-state index contributed by atoms with van der Waals surface area (Å²) in [6, 6.07) is 7.40. The Morgan fingerprint density at radius 2 is 2.14 bits per heavy atom. The van der Waals surface area contributed by atoms with E-state index in [4.69, 9.17) is 0 Å². The van der Waals surface area contributed by atoms with Crippen molar-refractivity contribution in [2.24, 2.45) is 0 Å². The smallest absolute Gasteiger partial charge is 0.246 e. The van der Waals surface area contributed by atoms with E-state index in [0.717, 1.165) is 11.0 Å². The van der Waals surface area contributed by atoms with E-state index in [1.54, 1.807) is 23.3 Å². The lowest BCUT2D eigenvalue weighted by atomic mass is 10.3. The number of rotatable bonds is 3. The molecule has 22 heavy (non-hydrogen) atoms. The third-order valence-corrected chi connectivity index (χ3v) is 3.37. The van der Waals surface area contributed by atoms with Gasteiger partial charge in [-0.2, -0.15) is 5.10 Å². The van der Waals surface area contributed by atoms with Crippen molar-refractivity contribution in [3.8, 4) is 0 Å². The van der Waals surface area contributed by atoms with Crippen LogP contribution in [0.1, 0.15) is 0 Å². The minimum absolute atomic E-state index is 0.111. The Morgan fingerprint density at radius 3 is 3.09 bits per heavy atom. The molecule has 4 aromatic rings. The van der Waals surface area contributed by atoms with Crippen molar-refractivity contribution in [1.82, 2.24) is 24.1 Å². The molecule has 4 aromatic heterocycles. The van der Waals surface area contributed by atoms with Crippen molar-refractivity contribution < 1.29 is 4.79 Å². The molecule has 4 rings (SSSR count). The average Bonchev–Trinajstić information content (AvgIpc) is 3.14. The summed E-state index contributed by atoms with van der Waals surface area (Å²) in [6.45, 7) is 0.111. The minimum Gasteiger partial charge on any atom is -0.324 e. The molecule has 1 N–H and O–H groups in total. The predicted octanol–water partition coefficient (Wildman–Crippen LogP) is 1.72. The highest BCUT2D eigenvalue weighted by Gasteiger charge is 2.09. The monoisotopic (exact) mass is 292 g/mol. The summed E-state index contributed by atoms with van der Waals surface area (Å²) in [4.78, 5) is 20.6. The van der Waals surface area contributed by atoms with Gasteiger partial charge in [-0.05, 0) is 18.2 Å². The Kier molecular flexibility index (Phi) is 2.82. The fourth-order valence-corrected chi connectivity index (χ4v) is 2.35. The second-order valence-electron chi connectivity index (χ2n) is 4.87. The maximum Gasteiger partial charge on any atom is 0.246 e. The van der Waals surface area contributed by atoms with Gasteiger partial charge in [-0.15, -0.1) is 0 Å². The van der Waals surface area contributed by atoms with Crippen LogP contribution in [0.2, 0.25) is 0 Å². The minimum atomic E-state index is -0.161. The average molecular weight is 292 g/mol. The van der Waals surface area contributed by atoms with Gasteiger partial charge in [0.25, 0.3) is 0 Å². The molecule has 0 unspecified atom stereocenters. The molecular weight excluding hydrogens is 280 g/mol. The van der Waals surface area contributed by atoms with Crippen LogP contribution in [0, 0.1) is 0 Å². The fourth-order valence-electron chi connectivity index (χ4n) is 2.35. The van der Waals surface area contributed by atoms with Gasteiger partial charge in [0, 0.05) is 41.9 Å². The molecule has 0 spiro atoms. The maximum atomic E-state index is 12.2. The SMILES string of the molecule is O=C(Cn1ncc2cccnc21)Nc1ccn2ccnc2c1. The number of carbonyl (C=O) groups is 1. The molecule has 1 amide bonds. The quantitative estimate of drug-likeness (QED) is 0.623. The van der Waals surface area contributed by atoms with E-state index in [0.29, 0.717) is 11.3 Å². The molecule has 7 heteroatoms. The second kappa shape index (κ2) is 4.96. The fraction of sp³-hybridized carbons (Fsp3) is 0.0667. The van der Waals surface area contributed by atoms with Crippen molar-refractivity contribution in [1.29, 1.82) is 0 Å². The molecule has 7 nitrogen and oxygen atoms in total. The Morgan fingerprint density at radius 1 is 1.18 bits per heavy atom. The highest BCUT2D eigenvalue weighted by molar-refractivity contribution is 5.91. The molecule has 0 aliphatic rings. The lowest BCUT2D eigenvalue weighted by Crippen LogP contribution is -2.19. The molecule has 0 saturated heterocycles. The van der Waals surface area contributed by atoms with Gasteiger partial charge in [0.05, 0.1) is 6.20 Å². The van der Waals surface area contributed by atoms with Crippen molar-refractivity contribution in [3.05, 3.63) is 55.2 Å². The van der Waals surface area contributed by atoms with Crippen LogP contribution in [0.25, 0.3) is 16.7 Å². The number of fused-ring (bicyclic) bond motifs is 2. The number of nitrogens with zero attached hydrogens (tertiary/aromatic N) is 5. The normalized spacial score (nSPS) is 11.1. The van der Waals surface area contributed by atoms with Gasteiger partial charge in [0.15, 0.2) is 5.65 Å². The summed E-state index contributed by atoms with van der Waals surface area (Å²) in [5.41, 5.74) is 2.18. The number of pyridine rings is 2. The standard InChI is InChI=1S/C15H12N6O/c22-14(10-21-15-11(9-18-21)2-1-4-17-15)19-12-3-6-20-7-5-16-13(20)8-12/h1-9H,10H2,(H,19,22). The molecule has 0 atom stereocenters. The lowest BCUT2D eigenvalue weighted by Gasteiger charge is -2.06. The van der Waals surface area contributed by atoms with E-state index < -0.39 is 0 Å². The maximum absolute atomic E-state index is 12.2. The molecule has 0 fully saturated rings. The number of imidazole rings is 1. The number of amides is 1. The van der Waals surface area contributed by atoms with E-state index in [-0.39, 0.29) is 12.5 Å². The Hall–Kier alpha value is -3.22. The number of anilines is 1. The Labute approximate surface area is 125 Å². The predicted molar refractivity (Wildman–Crippen MR) is 81.3 cm³/mol. The highest BCUT2D eigenvalue weighted by atomic mass is 16.2. The summed E-state index contributed by atoms with van der Waals surface area (Å²) >= 11 is 0. The Bertz CT molecular complexity index is 970. The van der Waals surface area contributed by atoms with E-state index in [1.165, 1.54) is 0 Å². The van der Waals surface area contributed by atoms with Crippen molar-refractivity contribution in [2.45, 2.75) is 6.54 Å². The third-order valence-electron chi connectivity index (χ3n) is 3.37. The van der Waals surface area contributed by atoms with Gasteiger partial charge < -0.3 is 9.72 Å². The summed E-state index contributed by atoms with van der Waals surface area (Å²) in [5.74, 6) is -0.161. The molecule has 108 valence electrons. The molecule has 0 bridgehead atoms. The van der Waals surface area contributed by atoms with E-state index >= 15 is 0 Å². The highest BCUT2D eigenvalue weighted by Crippen LogP contribution is 2.12. The van der Waals surface area contributed by atoms with Gasteiger partial charge in [-0.3, -0.25) is 4.79 Å². The summed E-state index contributed by atoms with van der Waals surface area (Å²) in [7, 11) is 0. The lowest BCUT2D eigenvalue weighted by molar-refractivity contribution is -0.116. The largest absolute Gasteiger partial charge is 0.324 e. The van der Waals surface area contributed by atoms with Crippen molar-refractivity contribution in [3.63, 3.8) is 0 Å². The molecule has 0 radical (unpaired) electrons. The molecule has 0 aliphatic carbocycles. The zero-order valence-electron chi connectivity index (χ0n) is 11.5. The van der Waals surface area contributed by atoms with Crippen LogP contribution < -0.4 is 5.32 Å². The number of hydrogen-bond acceptors (Lipinski definition) is 4. The number of carbonyl (C=O) groups excluding carboxylic acids is 1. The van der Waals surface area contributed by atoms with Crippen LogP contribution in [0.15, 0.2) is 55.2 Å². The Balaban J connectivity index is 1.54. The first kappa shape index (κ1) is 12.5. The van der Waals surface area contributed by atoms with Gasteiger partial charge in [0.2, 0.25) is 5.91 Å². The first-order valence-corrected chi connectivity index (χ1v) is 6.79. The summed E-state index contributed by atoms with van der Waals surface area (Å²) in [5, 5.41) is 7.95. The van der Waals surface area contributed by atoms with Gasteiger partial charge in [-0.25, -0.2) is 14.6 Å². The van der Waals surface area contributed by atoms with Gasteiger partial charge in [0.1, 0.15) is 12.2 Å². The number of hydrogen-bond donors (Lipinski definition) is 1. The van der Waals surface area contributed by atoms with Crippen LogP contribution in [-0.2, 0) is 11.3 Å². The second-order valence-corrected chi connectivity index (χ2v) is 4.87. The zero-order valence-corrected chi connectivity index (χ0v) is 11.5.